The molecule has 1 N–H and O–H groups in total. The van der Waals surface area contributed by atoms with Crippen LogP contribution in [0.15, 0.2) is 12.1 Å². The molecule has 94 valence electrons. The summed E-state index contributed by atoms with van der Waals surface area (Å²) in [5.74, 6) is -0.497. The Morgan fingerprint density at radius 2 is 2.06 bits per heavy atom. The molecular formula is C12H15Cl2NO2. The van der Waals surface area contributed by atoms with Gasteiger partial charge < -0.3 is 10.1 Å². The third-order valence-electron chi connectivity index (χ3n) is 2.45. The van der Waals surface area contributed by atoms with E-state index in [1.165, 1.54) is 7.11 Å². The van der Waals surface area contributed by atoms with Crippen molar-refractivity contribution < 1.29 is 9.53 Å². The fourth-order valence-electron chi connectivity index (χ4n) is 1.33. The maximum absolute atomic E-state index is 11.2. The molecule has 1 rings (SSSR count). The Kier molecular flexibility index (Phi) is 5.09. The first-order chi connectivity index (χ1) is 7.95. The summed E-state index contributed by atoms with van der Waals surface area (Å²) in [5.41, 5.74) is 1.64. The smallest absolute Gasteiger partial charge is 0.310 e. The number of hydrogen-bond donors (Lipinski definition) is 1. The Hall–Kier alpha value is -0.930. The van der Waals surface area contributed by atoms with Crippen molar-refractivity contribution in [1.29, 1.82) is 0 Å². The zero-order valence-corrected chi connectivity index (χ0v) is 11.5. The van der Waals surface area contributed by atoms with Crippen molar-refractivity contribution >= 4 is 34.9 Å². The number of hydrogen-bond acceptors (Lipinski definition) is 3. The maximum atomic E-state index is 11.2. The van der Waals surface area contributed by atoms with Crippen LogP contribution < -0.4 is 5.32 Å². The van der Waals surface area contributed by atoms with Crippen LogP contribution in [0.3, 0.4) is 0 Å². The number of methoxy groups -OCH3 is 1. The van der Waals surface area contributed by atoms with Crippen LogP contribution in [0.25, 0.3) is 0 Å². The molecule has 0 spiro atoms. The quantitative estimate of drug-likeness (QED) is 0.855. The Labute approximate surface area is 111 Å². The molecule has 0 aromatic heterocycles. The molecule has 0 bridgehead atoms. The molecule has 1 atom stereocenters. The summed E-state index contributed by atoms with van der Waals surface area (Å²) in [6.45, 7) is 4.11. The van der Waals surface area contributed by atoms with Gasteiger partial charge in [0.1, 0.15) is 0 Å². The molecule has 0 amide bonds. The average molecular weight is 276 g/mol. The van der Waals surface area contributed by atoms with Gasteiger partial charge in [0.2, 0.25) is 0 Å². The topological polar surface area (TPSA) is 38.3 Å². The highest BCUT2D eigenvalue weighted by atomic mass is 35.5. The number of benzene rings is 1. The third-order valence-corrected chi connectivity index (χ3v) is 3.17. The zero-order chi connectivity index (χ0) is 13.0. The first-order valence-electron chi connectivity index (χ1n) is 5.23. The largest absolute Gasteiger partial charge is 0.469 e. The van der Waals surface area contributed by atoms with Crippen molar-refractivity contribution in [3.63, 3.8) is 0 Å². The highest BCUT2D eigenvalue weighted by Crippen LogP contribution is 2.28. The molecule has 0 radical (unpaired) electrons. The SMILES string of the molecule is COC(=O)C(C)CNc1cc(Cl)c(C)cc1Cl. The van der Waals surface area contributed by atoms with Crippen LogP contribution in [0.1, 0.15) is 12.5 Å². The van der Waals surface area contributed by atoms with Crippen molar-refractivity contribution in [2.24, 2.45) is 5.92 Å². The van der Waals surface area contributed by atoms with Gasteiger partial charge in [0.25, 0.3) is 0 Å². The number of aryl methyl sites for hydroxylation is 1. The Balaban J connectivity index is 2.70. The van der Waals surface area contributed by atoms with Gasteiger partial charge in [-0.3, -0.25) is 4.79 Å². The van der Waals surface area contributed by atoms with Crippen LogP contribution in [0.5, 0.6) is 0 Å². The minimum Gasteiger partial charge on any atom is -0.469 e. The lowest BCUT2D eigenvalue weighted by Crippen LogP contribution is -2.21. The summed E-state index contributed by atoms with van der Waals surface area (Å²) in [6.07, 6.45) is 0. The van der Waals surface area contributed by atoms with Crippen LogP contribution in [-0.4, -0.2) is 19.6 Å². The van der Waals surface area contributed by atoms with Gasteiger partial charge in [-0.1, -0.05) is 30.1 Å². The minimum atomic E-state index is -0.258. The van der Waals surface area contributed by atoms with Gasteiger partial charge in [-0.2, -0.15) is 0 Å². The van der Waals surface area contributed by atoms with E-state index in [1.54, 1.807) is 19.1 Å². The zero-order valence-electron chi connectivity index (χ0n) is 10.0. The lowest BCUT2D eigenvalue weighted by molar-refractivity contribution is -0.144. The van der Waals surface area contributed by atoms with E-state index in [-0.39, 0.29) is 11.9 Å². The van der Waals surface area contributed by atoms with Crippen molar-refractivity contribution in [2.45, 2.75) is 13.8 Å². The van der Waals surface area contributed by atoms with E-state index in [2.05, 4.69) is 10.1 Å². The second kappa shape index (κ2) is 6.12. The molecule has 0 aliphatic heterocycles. The fraction of sp³-hybridized carbons (Fsp3) is 0.417. The van der Waals surface area contributed by atoms with E-state index in [1.807, 2.05) is 6.92 Å². The number of halogens is 2. The summed E-state index contributed by atoms with van der Waals surface area (Å²) in [4.78, 5) is 11.2. The average Bonchev–Trinajstić information content (AvgIpc) is 2.30. The Bertz CT molecular complexity index is 421. The summed E-state index contributed by atoms with van der Waals surface area (Å²) in [6, 6.07) is 3.54. The summed E-state index contributed by atoms with van der Waals surface area (Å²) in [7, 11) is 1.37. The third kappa shape index (κ3) is 3.79. The second-order valence-corrected chi connectivity index (χ2v) is 4.70. The van der Waals surface area contributed by atoms with Crippen molar-refractivity contribution in [3.05, 3.63) is 27.7 Å². The molecule has 1 aromatic carbocycles. The number of nitrogens with one attached hydrogen (secondary N) is 1. The van der Waals surface area contributed by atoms with Crippen LogP contribution >= 0.6 is 23.2 Å². The van der Waals surface area contributed by atoms with Gasteiger partial charge in [0, 0.05) is 11.6 Å². The van der Waals surface area contributed by atoms with Crippen LogP contribution in [0.4, 0.5) is 5.69 Å². The van der Waals surface area contributed by atoms with E-state index in [4.69, 9.17) is 23.2 Å². The van der Waals surface area contributed by atoms with Gasteiger partial charge >= 0.3 is 5.97 Å². The van der Waals surface area contributed by atoms with Gasteiger partial charge in [-0.05, 0) is 24.6 Å². The Morgan fingerprint density at radius 1 is 1.41 bits per heavy atom. The molecule has 0 saturated heterocycles. The lowest BCUT2D eigenvalue weighted by atomic mass is 10.1. The van der Waals surface area contributed by atoms with E-state index in [0.29, 0.717) is 16.6 Å². The van der Waals surface area contributed by atoms with Crippen molar-refractivity contribution in [2.75, 3.05) is 19.0 Å². The maximum Gasteiger partial charge on any atom is 0.310 e. The number of carbonyl (C=O) groups excluding carboxylic acids is 1. The molecule has 1 unspecified atom stereocenters. The van der Waals surface area contributed by atoms with Crippen LogP contribution in [0, 0.1) is 12.8 Å². The molecule has 1 aromatic rings. The molecule has 5 heteroatoms. The predicted octanol–water partition coefficient (Wildman–Crippen LogP) is 3.52. The van der Waals surface area contributed by atoms with Gasteiger partial charge in [0.15, 0.2) is 0 Å². The predicted molar refractivity (Wildman–Crippen MR) is 70.9 cm³/mol. The molecule has 0 aliphatic rings. The molecule has 0 saturated carbocycles. The molecule has 0 aliphatic carbocycles. The lowest BCUT2D eigenvalue weighted by Gasteiger charge is -2.13. The van der Waals surface area contributed by atoms with Gasteiger partial charge in [0.05, 0.1) is 23.7 Å². The molecule has 0 heterocycles. The minimum absolute atomic E-state index is 0.240. The first kappa shape index (κ1) is 14.1. The Morgan fingerprint density at radius 3 is 2.65 bits per heavy atom. The number of carbonyl (C=O) groups is 1. The summed E-state index contributed by atoms with van der Waals surface area (Å²) < 4.78 is 4.64. The highest BCUT2D eigenvalue weighted by Gasteiger charge is 2.13. The second-order valence-electron chi connectivity index (χ2n) is 3.89. The van der Waals surface area contributed by atoms with Crippen molar-refractivity contribution in [3.8, 4) is 0 Å². The fourth-order valence-corrected chi connectivity index (χ4v) is 1.78. The summed E-state index contributed by atoms with van der Waals surface area (Å²) >= 11 is 12.1. The van der Waals surface area contributed by atoms with Gasteiger partial charge in [-0.15, -0.1) is 0 Å². The number of ether oxygens (including phenoxy) is 1. The number of rotatable bonds is 4. The van der Waals surface area contributed by atoms with Crippen molar-refractivity contribution in [1.82, 2.24) is 0 Å². The van der Waals surface area contributed by atoms with Gasteiger partial charge in [-0.25, -0.2) is 0 Å². The normalized spacial score (nSPS) is 12.1. The first-order valence-corrected chi connectivity index (χ1v) is 5.98. The van der Waals surface area contributed by atoms with Crippen LogP contribution in [0.2, 0.25) is 10.0 Å². The van der Waals surface area contributed by atoms with E-state index in [9.17, 15) is 4.79 Å². The van der Waals surface area contributed by atoms with Crippen LogP contribution in [-0.2, 0) is 9.53 Å². The number of anilines is 1. The van der Waals surface area contributed by atoms with E-state index in [0.717, 1.165) is 11.3 Å². The van der Waals surface area contributed by atoms with E-state index < -0.39 is 0 Å². The molecule has 17 heavy (non-hydrogen) atoms. The standard InChI is InChI=1S/C12H15Cl2NO2/c1-7-4-10(14)11(5-9(7)13)15-6-8(2)12(16)17-3/h4-5,8,15H,6H2,1-3H3. The molecular weight excluding hydrogens is 261 g/mol. The highest BCUT2D eigenvalue weighted by molar-refractivity contribution is 6.35. The molecule has 3 nitrogen and oxygen atoms in total. The summed E-state index contributed by atoms with van der Waals surface area (Å²) in [5, 5.41) is 4.31. The number of esters is 1. The monoisotopic (exact) mass is 275 g/mol. The van der Waals surface area contributed by atoms with E-state index >= 15 is 0 Å². The molecule has 0 fully saturated rings.